The number of methoxy groups -OCH3 is 2. The molecule has 8 heteroatoms. The summed E-state index contributed by atoms with van der Waals surface area (Å²) in [7, 11) is 3.17. The number of esters is 1. The molecule has 3 rings (SSSR count). The van der Waals surface area contributed by atoms with Crippen molar-refractivity contribution in [1.82, 2.24) is 4.98 Å². The van der Waals surface area contributed by atoms with E-state index in [0.717, 1.165) is 15.5 Å². The highest BCUT2D eigenvalue weighted by atomic mass is 32.2. The molecule has 3 aromatic rings. The van der Waals surface area contributed by atoms with Gasteiger partial charge in [-0.2, -0.15) is 0 Å². The first kappa shape index (κ1) is 21.1. The van der Waals surface area contributed by atoms with Crippen LogP contribution in [0.2, 0.25) is 0 Å². The van der Waals surface area contributed by atoms with Crippen molar-refractivity contribution >= 4 is 29.1 Å². The predicted molar refractivity (Wildman–Crippen MR) is 112 cm³/mol. The normalized spacial score (nSPS) is 10.6. The molecule has 2 aromatic carbocycles. The van der Waals surface area contributed by atoms with Crippen molar-refractivity contribution in [2.75, 3.05) is 20.0 Å². The number of benzene rings is 2. The van der Waals surface area contributed by atoms with Gasteiger partial charge in [0.1, 0.15) is 17.4 Å². The van der Waals surface area contributed by atoms with Crippen LogP contribution in [0.25, 0.3) is 10.6 Å². The molecule has 0 unspecified atom stereocenters. The number of hydrogen-bond donors (Lipinski definition) is 0. The first-order chi connectivity index (χ1) is 14.1. The summed E-state index contributed by atoms with van der Waals surface area (Å²) in [6, 6.07) is 11.8. The minimum Gasteiger partial charge on any atom is -0.493 e. The fraction of sp³-hybridized carbons (Fsp3) is 0.238. The molecule has 0 aliphatic carbocycles. The molecule has 0 spiro atoms. The second kappa shape index (κ2) is 10.3. The summed E-state index contributed by atoms with van der Waals surface area (Å²) < 4.78 is 29.0. The summed E-state index contributed by atoms with van der Waals surface area (Å²) >= 11 is 2.93. The van der Waals surface area contributed by atoms with Crippen LogP contribution in [0, 0.1) is 5.82 Å². The van der Waals surface area contributed by atoms with Crippen LogP contribution in [0.4, 0.5) is 4.39 Å². The summed E-state index contributed by atoms with van der Waals surface area (Å²) in [6.07, 6.45) is 0.267. The van der Waals surface area contributed by atoms with Gasteiger partial charge in [-0.05, 0) is 36.4 Å². The molecule has 0 radical (unpaired) electrons. The third kappa shape index (κ3) is 5.71. The molecule has 152 valence electrons. The molecule has 0 amide bonds. The zero-order valence-corrected chi connectivity index (χ0v) is 17.6. The van der Waals surface area contributed by atoms with Crippen molar-refractivity contribution < 1.29 is 23.4 Å². The van der Waals surface area contributed by atoms with E-state index < -0.39 is 0 Å². The lowest BCUT2D eigenvalue weighted by Gasteiger charge is -2.10. The van der Waals surface area contributed by atoms with Crippen LogP contribution in [0.3, 0.4) is 0 Å². The van der Waals surface area contributed by atoms with E-state index in [1.54, 1.807) is 26.4 Å². The SMILES string of the molecule is COc1cccc(-c2nc(COC(=O)CCSc3ccc(F)cc3)cs2)c1OC. The van der Waals surface area contributed by atoms with Gasteiger partial charge < -0.3 is 14.2 Å². The van der Waals surface area contributed by atoms with E-state index >= 15 is 0 Å². The average Bonchev–Trinajstić information content (AvgIpc) is 3.22. The smallest absolute Gasteiger partial charge is 0.307 e. The van der Waals surface area contributed by atoms with Gasteiger partial charge in [-0.15, -0.1) is 23.1 Å². The van der Waals surface area contributed by atoms with E-state index in [1.807, 2.05) is 23.6 Å². The number of halogens is 1. The number of carbonyl (C=O) groups excluding carboxylic acids is 1. The third-order valence-corrected chi connectivity index (χ3v) is 5.89. The number of thioether (sulfide) groups is 1. The molecule has 0 aliphatic rings. The number of thiazole rings is 1. The average molecular weight is 434 g/mol. The van der Waals surface area contributed by atoms with Crippen molar-refractivity contribution in [2.24, 2.45) is 0 Å². The summed E-state index contributed by atoms with van der Waals surface area (Å²) in [6.45, 7) is 0.114. The van der Waals surface area contributed by atoms with Crippen molar-refractivity contribution in [3.8, 4) is 22.1 Å². The van der Waals surface area contributed by atoms with Gasteiger partial charge in [0.15, 0.2) is 11.5 Å². The number of aromatic nitrogens is 1. The van der Waals surface area contributed by atoms with Crippen LogP contribution in [0.15, 0.2) is 52.7 Å². The second-order valence-electron chi connectivity index (χ2n) is 5.90. The molecule has 1 heterocycles. The lowest BCUT2D eigenvalue weighted by atomic mass is 10.2. The summed E-state index contributed by atoms with van der Waals surface area (Å²) in [5.41, 5.74) is 1.50. The molecule has 0 aliphatic heterocycles. The molecule has 0 atom stereocenters. The number of carbonyl (C=O) groups is 1. The molecular weight excluding hydrogens is 413 g/mol. The van der Waals surface area contributed by atoms with Gasteiger partial charge in [-0.25, -0.2) is 9.37 Å². The quantitative estimate of drug-likeness (QED) is 0.342. The fourth-order valence-electron chi connectivity index (χ4n) is 2.56. The van der Waals surface area contributed by atoms with Gasteiger partial charge >= 0.3 is 5.97 Å². The standard InChI is InChI=1S/C21H20FNO4S2/c1-25-18-5-3-4-17(20(18)26-2)21-23-15(13-29-21)12-27-19(24)10-11-28-16-8-6-14(22)7-9-16/h3-9,13H,10-12H2,1-2H3. The third-order valence-electron chi connectivity index (χ3n) is 3.95. The lowest BCUT2D eigenvalue weighted by molar-refractivity contribution is -0.144. The highest BCUT2D eigenvalue weighted by molar-refractivity contribution is 7.99. The van der Waals surface area contributed by atoms with Crippen molar-refractivity contribution in [3.05, 3.63) is 59.4 Å². The van der Waals surface area contributed by atoms with Gasteiger partial charge in [0.05, 0.1) is 31.9 Å². The Kier molecular flexibility index (Phi) is 7.48. The number of rotatable bonds is 9. The first-order valence-electron chi connectivity index (χ1n) is 8.80. The zero-order valence-electron chi connectivity index (χ0n) is 16.0. The van der Waals surface area contributed by atoms with E-state index in [2.05, 4.69) is 4.98 Å². The Balaban J connectivity index is 1.51. The number of para-hydroxylation sites is 1. The van der Waals surface area contributed by atoms with Crippen LogP contribution in [0.1, 0.15) is 12.1 Å². The van der Waals surface area contributed by atoms with Crippen LogP contribution < -0.4 is 9.47 Å². The maximum Gasteiger partial charge on any atom is 0.307 e. The van der Waals surface area contributed by atoms with Crippen LogP contribution in [-0.4, -0.2) is 30.9 Å². The Morgan fingerprint density at radius 2 is 1.93 bits per heavy atom. The predicted octanol–water partition coefficient (Wildman–Crippen LogP) is 5.19. The minimum atomic E-state index is -0.298. The van der Waals surface area contributed by atoms with Crippen LogP contribution in [-0.2, 0) is 16.1 Å². The fourth-order valence-corrected chi connectivity index (χ4v) is 4.22. The lowest BCUT2D eigenvalue weighted by Crippen LogP contribution is -2.05. The molecule has 5 nitrogen and oxygen atoms in total. The molecule has 0 bridgehead atoms. The number of nitrogens with zero attached hydrogens (tertiary/aromatic N) is 1. The van der Waals surface area contributed by atoms with Crippen molar-refractivity contribution in [1.29, 1.82) is 0 Å². The molecule has 0 N–H and O–H groups in total. The summed E-state index contributed by atoms with van der Waals surface area (Å²) in [5, 5.41) is 2.62. The van der Waals surface area contributed by atoms with Gasteiger partial charge in [-0.1, -0.05) is 6.07 Å². The van der Waals surface area contributed by atoms with Crippen LogP contribution in [0.5, 0.6) is 11.5 Å². The van der Waals surface area contributed by atoms with E-state index in [9.17, 15) is 9.18 Å². The second-order valence-corrected chi connectivity index (χ2v) is 7.92. The largest absolute Gasteiger partial charge is 0.493 e. The van der Waals surface area contributed by atoms with Crippen LogP contribution >= 0.6 is 23.1 Å². The topological polar surface area (TPSA) is 57.7 Å². The Morgan fingerprint density at radius 3 is 2.66 bits per heavy atom. The minimum absolute atomic E-state index is 0.114. The maximum atomic E-state index is 12.9. The zero-order chi connectivity index (χ0) is 20.6. The molecule has 29 heavy (non-hydrogen) atoms. The molecule has 0 saturated carbocycles. The maximum absolute atomic E-state index is 12.9. The Morgan fingerprint density at radius 1 is 1.14 bits per heavy atom. The first-order valence-corrected chi connectivity index (χ1v) is 10.7. The summed E-state index contributed by atoms with van der Waals surface area (Å²) in [5.74, 6) is 1.24. The van der Waals surface area contributed by atoms with Gasteiger partial charge in [0.2, 0.25) is 0 Å². The molecule has 1 aromatic heterocycles. The molecule has 0 fully saturated rings. The highest BCUT2D eigenvalue weighted by Crippen LogP contribution is 2.39. The summed E-state index contributed by atoms with van der Waals surface area (Å²) in [4.78, 5) is 17.4. The number of hydrogen-bond acceptors (Lipinski definition) is 7. The van der Waals surface area contributed by atoms with Crippen molar-refractivity contribution in [3.63, 3.8) is 0 Å². The van der Waals surface area contributed by atoms with Gasteiger partial charge in [0.25, 0.3) is 0 Å². The molecule has 0 saturated heterocycles. The van der Waals surface area contributed by atoms with Crippen molar-refractivity contribution in [2.45, 2.75) is 17.9 Å². The van der Waals surface area contributed by atoms with E-state index in [0.29, 0.717) is 22.9 Å². The Bertz CT molecular complexity index is 960. The van der Waals surface area contributed by atoms with E-state index in [1.165, 1.54) is 35.2 Å². The number of ether oxygens (including phenoxy) is 3. The monoisotopic (exact) mass is 433 g/mol. The molecular formula is C21H20FNO4S2. The van der Waals surface area contributed by atoms with Gasteiger partial charge in [-0.3, -0.25) is 4.79 Å². The highest BCUT2D eigenvalue weighted by Gasteiger charge is 2.15. The Hall–Kier alpha value is -2.58. The van der Waals surface area contributed by atoms with E-state index in [4.69, 9.17) is 14.2 Å². The Labute approximate surface area is 176 Å². The van der Waals surface area contributed by atoms with Gasteiger partial charge in [0, 0.05) is 16.0 Å². The van der Waals surface area contributed by atoms with E-state index in [-0.39, 0.29) is 24.8 Å².